The summed E-state index contributed by atoms with van der Waals surface area (Å²) in [5.41, 5.74) is 2.23. The normalized spacial score (nSPS) is 12.8. The summed E-state index contributed by atoms with van der Waals surface area (Å²) < 4.78 is 0. The molecule has 114 valence electrons. The van der Waals surface area contributed by atoms with Gasteiger partial charge in [0.15, 0.2) is 0 Å². The highest BCUT2D eigenvalue weighted by Crippen LogP contribution is 2.22. The molecule has 0 saturated heterocycles. The van der Waals surface area contributed by atoms with Crippen molar-refractivity contribution in [3.8, 4) is 0 Å². The number of hydrogen-bond acceptors (Lipinski definition) is 5. The van der Waals surface area contributed by atoms with E-state index in [1.54, 1.807) is 0 Å². The van der Waals surface area contributed by atoms with Crippen LogP contribution in [0.25, 0.3) is 0 Å². The van der Waals surface area contributed by atoms with Gasteiger partial charge in [-0.2, -0.15) is 11.8 Å². The van der Waals surface area contributed by atoms with Gasteiger partial charge in [-0.15, -0.1) is 0 Å². The fourth-order valence-electron chi connectivity index (χ4n) is 1.96. The van der Waals surface area contributed by atoms with Crippen molar-refractivity contribution in [3.63, 3.8) is 0 Å². The number of thioether (sulfide) groups is 1. The molecule has 0 bridgehead atoms. The molecule has 5 heteroatoms. The van der Waals surface area contributed by atoms with Crippen LogP contribution in [-0.2, 0) is 6.54 Å². The van der Waals surface area contributed by atoms with Crippen molar-refractivity contribution in [1.82, 2.24) is 15.3 Å². The standard InChI is InChI=1S/C15H28N4S/c1-7-16-8-13-14(19(5)12(4)10-20-6)9-17-15(18-13)11(2)3/h9,11-12,16H,7-8,10H2,1-6H3. The number of anilines is 1. The summed E-state index contributed by atoms with van der Waals surface area (Å²) in [7, 11) is 2.13. The number of aromatic nitrogens is 2. The number of nitrogens with one attached hydrogen (secondary N) is 1. The topological polar surface area (TPSA) is 41.1 Å². The first-order valence-electron chi connectivity index (χ1n) is 7.29. The van der Waals surface area contributed by atoms with Gasteiger partial charge in [0, 0.05) is 31.3 Å². The number of nitrogens with zero attached hydrogens (tertiary/aromatic N) is 3. The van der Waals surface area contributed by atoms with Gasteiger partial charge in [-0.3, -0.25) is 0 Å². The highest BCUT2D eigenvalue weighted by Gasteiger charge is 2.16. The highest BCUT2D eigenvalue weighted by atomic mass is 32.2. The van der Waals surface area contributed by atoms with Crippen molar-refractivity contribution < 1.29 is 0 Å². The van der Waals surface area contributed by atoms with E-state index in [0.29, 0.717) is 12.0 Å². The number of rotatable bonds is 8. The van der Waals surface area contributed by atoms with E-state index in [0.717, 1.165) is 36.0 Å². The molecule has 0 spiro atoms. The fourth-order valence-corrected chi connectivity index (χ4v) is 2.67. The molecule has 4 nitrogen and oxygen atoms in total. The Hall–Kier alpha value is -0.810. The molecule has 0 aliphatic heterocycles. The summed E-state index contributed by atoms with van der Waals surface area (Å²) in [6.45, 7) is 10.4. The summed E-state index contributed by atoms with van der Waals surface area (Å²) >= 11 is 1.87. The quantitative estimate of drug-likeness (QED) is 0.799. The molecular formula is C15H28N4S. The van der Waals surface area contributed by atoms with Gasteiger partial charge in [0.2, 0.25) is 0 Å². The van der Waals surface area contributed by atoms with E-state index in [4.69, 9.17) is 4.98 Å². The monoisotopic (exact) mass is 296 g/mol. The van der Waals surface area contributed by atoms with Crippen LogP contribution in [0.2, 0.25) is 0 Å². The number of hydrogen-bond donors (Lipinski definition) is 1. The molecule has 0 saturated carbocycles. The Morgan fingerprint density at radius 1 is 1.35 bits per heavy atom. The Bertz CT molecular complexity index is 409. The minimum absolute atomic E-state index is 0.360. The maximum absolute atomic E-state index is 4.75. The van der Waals surface area contributed by atoms with Gasteiger partial charge in [0.1, 0.15) is 5.82 Å². The van der Waals surface area contributed by atoms with Crippen LogP contribution in [0.15, 0.2) is 6.20 Å². The third-order valence-corrected chi connectivity index (χ3v) is 4.19. The zero-order chi connectivity index (χ0) is 15.1. The minimum atomic E-state index is 0.360. The van der Waals surface area contributed by atoms with Crippen molar-refractivity contribution in [2.24, 2.45) is 0 Å². The average Bonchev–Trinajstić information content (AvgIpc) is 2.44. The van der Waals surface area contributed by atoms with Crippen molar-refractivity contribution in [2.75, 3.05) is 30.5 Å². The molecule has 20 heavy (non-hydrogen) atoms. The fraction of sp³-hybridized carbons (Fsp3) is 0.733. The molecule has 0 fully saturated rings. The van der Waals surface area contributed by atoms with Crippen molar-refractivity contribution >= 4 is 17.4 Å². The summed E-state index contributed by atoms with van der Waals surface area (Å²) in [6, 6.07) is 0.471. The Morgan fingerprint density at radius 3 is 2.60 bits per heavy atom. The molecule has 1 heterocycles. The molecule has 1 N–H and O–H groups in total. The van der Waals surface area contributed by atoms with E-state index in [2.05, 4.69) is 56.2 Å². The lowest BCUT2D eigenvalue weighted by Crippen LogP contribution is -2.33. The van der Waals surface area contributed by atoms with E-state index in [9.17, 15) is 0 Å². The van der Waals surface area contributed by atoms with E-state index >= 15 is 0 Å². The Balaban J connectivity index is 3.03. The lowest BCUT2D eigenvalue weighted by molar-refractivity contribution is 0.673. The van der Waals surface area contributed by atoms with Crippen LogP contribution in [0, 0.1) is 0 Å². The van der Waals surface area contributed by atoms with Crippen LogP contribution in [-0.4, -0.2) is 41.6 Å². The molecule has 1 rings (SSSR count). The zero-order valence-corrected chi connectivity index (χ0v) is 14.4. The SMILES string of the molecule is CCNCc1nc(C(C)C)ncc1N(C)C(C)CSC. The lowest BCUT2D eigenvalue weighted by Gasteiger charge is -2.28. The van der Waals surface area contributed by atoms with Crippen LogP contribution in [0.4, 0.5) is 5.69 Å². The predicted molar refractivity (Wildman–Crippen MR) is 89.7 cm³/mol. The maximum atomic E-state index is 4.75. The van der Waals surface area contributed by atoms with E-state index < -0.39 is 0 Å². The molecule has 0 radical (unpaired) electrons. The summed E-state index contributed by atoms with van der Waals surface area (Å²) in [4.78, 5) is 11.6. The van der Waals surface area contributed by atoms with Gasteiger partial charge >= 0.3 is 0 Å². The predicted octanol–water partition coefficient (Wildman–Crippen LogP) is 2.90. The molecule has 1 aromatic heterocycles. The van der Waals surface area contributed by atoms with Crippen molar-refractivity contribution in [2.45, 2.75) is 46.2 Å². The van der Waals surface area contributed by atoms with Crippen molar-refractivity contribution in [3.05, 3.63) is 17.7 Å². The van der Waals surface area contributed by atoms with Gasteiger partial charge in [0.05, 0.1) is 17.6 Å². The average molecular weight is 296 g/mol. The first-order chi connectivity index (χ1) is 9.51. The summed E-state index contributed by atoms with van der Waals surface area (Å²) in [6.07, 6.45) is 4.12. The molecular weight excluding hydrogens is 268 g/mol. The first kappa shape index (κ1) is 17.2. The van der Waals surface area contributed by atoms with Gasteiger partial charge in [0.25, 0.3) is 0 Å². The van der Waals surface area contributed by atoms with Crippen LogP contribution < -0.4 is 10.2 Å². The second kappa shape index (κ2) is 8.47. The van der Waals surface area contributed by atoms with Gasteiger partial charge in [-0.05, 0) is 19.7 Å². The summed E-state index contributed by atoms with van der Waals surface area (Å²) in [5, 5.41) is 3.37. The summed E-state index contributed by atoms with van der Waals surface area (Å²) in [5.74, 6) is 2.38. The molecule has 0 aliphatic rings. The second-order valence-electron chi connectivity index (χ2n) is 5.41. The van der Waals surface area contributed by atoms with E-state index in [-0.39, 0.29) is 0 Å². The van der Waals surface area contributed by atoms with Crippen LogP contribution in [0.1, 0.15) is 45.1 Å². The minimum Gasteiger partial charge on any atom is -0.368 e. The van der Waals surface area contributed by atoms with Gasteiger partial charge in [-0.1, -0.05) is 20.8 Å². The highest BCUT2D eigenvalue weighted by molar-refractivity contribution is 7.98. The van der Waals surface area contributed by atoms with Crippen LogP contribution >= 0.6 is 11.8 Å². The molecule has 0 amide bonds. The van der Waals surface area contributed by atoms with Crippen LogP contribution in [0.5, 0.6) is 0 Å². The molecule has 1 aromatic rings. The van der Waals surface area contributed by atoms with Gasteiger partial charge < -0.3 is 10.2 Å². The van der Waals surface area contributed by atoms with E-state index in [1.807, 2.05) is 18.0 Å². The van der Waals surface area contributed by atoms with Gasteiger partial charge in [-0.25, -0.2) is 9.97 Å². The smallest absolute Gasteiger partial charge is 0.131 e. The molecule has 0 aromatic carbocycles. The molecule has 1 atom stereocenters. The lowest BCUT2D eigenvalue weighted by atomic mass is 10.2. The van der Waals surface area contributed by atoms with Crippen LogP contribution in [0.3, 0.4) is 0 Å². The molecule has 1 unspecified atom stereocenters. The first-order valence-corrected chi connectivity index (χ1v) is 8.68. The Labute approximate surface area is 127 Å². The molecule has 0 aliphatic carbocycles. The maximum Gasteiger partial charge on any atom is 0.131 e. The third kappa shape index (κ3) is 4.63. The Morgan fingerprint density at radius 2 is 2.05 bits per heavy atom. The second-order valence-corrected chi connectivity index (χ2v) is 6.32. The largest absolute Gasteiger partial charge is 0.368 e. The van der Waals surface area contributed by atoms with Crippen molar-refractivity contribution in [1.29, 1.82) is 0 Å². The van der Waals surface area contributed by atoms with E-state index in [1.165, 1.54) is 0 Å². The zero-order valence-electron chi connectivity index (χ0n) is 13.6. The third-order valence-electron chi connectivity index (χ3n) is 3.37. The Kier molecular flexibility index (Phi) is 7.30.